The fourth-order valence-electron chi connectivity index (χ4n) is 3.57. The number of hydrogen-bond acceptors (Lipinski definition) is 5. The molecule has 0 aliphatic carbocycles. The second kappa shape index (κ2) is 13.4. The fraction of sp³-hybridized carbons (Fsp3) is 0.478. The molecular formula is C23H35IN6O. The van der Waals surface area contributed by atoms with Crippen molar-refractivity contribution in [2.45, 2.75) is 26.9 Å². The first-order valence-corrected chi connectivity index (χ1v) is 10.8. The van der Waals surface area contributed by atoms with Crippen molar-refractivity contribution in [2.75, 3.05) is 51.3 Å². The number of halogens is 1. The Morgan fingerprint density at radius 1 is 1.06 bits per heavy atom. The molecule has 1 aliphatic rings. The Labute approximate surface area is 203 Å². The maximum Gasteiger partial charge on any atom is 0.191 e. The molecule has 0 radical (unpaired) electrons. The molecule has 0 atom stereocenters. The normalized spacial score (nSPS) is 14.7. The first-order valence-electron chi connectivity index (χ1n) is 10.8. The summed E-state index contributed by atoms with van der Waals surface area (Å²) < 4.78 is 5.70. The summed E-state index contributed by atoms with van der Waals surface area (Å²) in [7, 11) is 1.79. The summed E-state index contributed by atoms with van der Waals surface area (Å²) in [6, 6.07) is 12.3. The molecule has 0 bridgehead atoms. The molecule has 1 saturated heterocycles. The summed E-state index contributed by atoms with van der Waals surface area (Å²) in [6.07, 6.45) is 1.90. The summed E-state index contributed by atoms with van der Waals surface area (Å²) in [6.45, 7) is 11.6. The van der Waals surface area contributed by atoms with Gasteiger partial charge >= 0.3 is 0 Å². The van der Waals surface area contributed by atoms with Crippen molar-refractivity contribution in [1.29, 1.82) is 0 Å². The molecule has 1 fully saturated rings. The van der Waals surface area contributed by atoms with E-state index < -0.39 is 0 Å². The number of nitrogens with one attached hydrogen (secondary N) is 2. The van der Waals surface area contributed by atoms with Crippen molar-refractivity contribution < 1.29 is 4.74 Å². The number of anilines is 1. The van der Waals surface area contributed by atoms with Crippen LogP contribution in [0.25, 0.3) is 0 Å². The lowest BCUT2D eigenvalue weighted by atomic mass is 10.2. The van der Waals surface area contributed by atoms with Crippen molar-refractivity contribution in [2.24, 2.45) is 4.99 Å². The molecule has 0 spiro atoms. The minimum atomic E-state index is 0. The molecule has 0 unspecified atom stereocenters. The number of ether oxygens (including phenoxy) is 1. The molecule has 2 heterocycles. The van der Waals surface area contributed by atoms with E-state index in [1.54, 1.807) is 7.05 Å². The molecule has 31 heavy (non-hydrogen) atoms. The van der Waals surface area contributed by atoms with E-state index in [1.165, 1.54) is 5.56 Å². The zero-order chi connectivity index (χ0) is 21.2. The SMILES string of the molecule is CCOc1ccccc1CNC(=NC)NCc1ccnc(N2CCN(CC)CC2)c1.I. The van der Waals surface area contributed by atoms with Gasteiger partial charge in [0, 0.05) is 58.1 Å². The van der Waals surface area contributed by atoms with Gasteiger partial charge in [0.15, 0.2) is 5.96 Å². The topological polar surface area (TPSA) is 65.0 Å². The summed E-state index contributed by atoms with van der Waals surface area (Å²) in [5.41, 5.74) is 2.30. The number of guanidine groups is 1. The number of benzene rings is 1. The van der Waals surface area contributed by atoms with Crippen LogP contribution >= 0.6 is 24.0 Å². The van der Waals surface area contributed by atoms with E-state index in [1.807, 2.05) is 31.3 Å². The maximum absolute atomic E-state index is 5.70. The highest BCUT2D eigenvalue weighted by Gasteiger charge is 2.16. The van der Waals surface area contributed by atoms with Gasteiger partial charge in [-0.25, -0.2) is 4.98 Å². The van der Waals surface area contributed by atoms with Crippen molar-refractivity contribution in [3.63, 3.8) is 0 Å². The van der Waals surface area contributed by atoms with E-state index in [9.17, 15) is 0 Å². The smallest absolute Gasteiger partial charge is 0.191 e. The van der Waals surface area contributed by atoms with Gasteiger partial charge in [0.05, 0.1) is 6.61 Å². The third-order valence-electron chi connectivity index (χ3n) is 5.36. The summed E-state index contributed by atoms with van der Waals surface area (Å²) in [5, 5.41) is 6.77. The van der Waals surface area contributed by atoms with Crippen molar-refractivity contribution in [3.8, 4) is 5.75 Å². The number of hydrogen-bond donors (Lipinski definition) is 2. The van der Waals surface area contributed by atoms with Crippen LogP contribution < -0.4 is 20.3 Å². The molecule has 2 aromatic rings. The van der Waals surface area contributed by atoms with Crippen LogP contribution in [0.2, 0.25) is 0 Å². The zero-order valence-corrected chi connectivity index (χ0v) is 21.1. The molecule has 0 saturated carbocycles. The van der Waals surface area contributed by atoms with Gasteiger partial charge in [0.2, 0.25) is 0 Å². The molecule has 1 aromatic heterocycles. The summed E-state index contributed by atoms with van der Waals surface area (Å²) in [5.74, 6) is 2.72. The second-order valence-corrected chi connectivity index (χ2v) is 7.26. The summed E-state index contributed by atoms with van der Waals surface area (Å²) in [4.78, 5) is 13.8. The number of rotatable bonds is 8. The third kappa shape index (κ3) is 7.53. The van der Waals surface area contributed by atoms with Crippen molar-refractivity contribution >= 4 is 35.8 Å². The van der Waals surface area contributed by atoms with Crippen LogP contribution in [-0.2, 0) is 13.1 Å². The van der Waals surface area contributed by atoms with Gasteiger partial charge in [-0.2, -0.15) is 0 Å². The van der Waals surface area contributed by atoms with Gasteiger partial charge in [0.25, 0.3) is 0 Å². The lowest BCUT2D eigenvalue weighted by Crippen LogP contribution is -2.46. The summed E-state index contributed by atoms with van der Waals surface area (Å²) >= 11 is 0. The number of piperazine rings is 1. The van der Waals surface area contributed by atoms with E-state index in [-0.39, 0.29) is 24.0 Å². The standard InChI is InChI=1S/C23H34N6O.HI/c1-4-28-12-14-29(15-13-28)22-16-19(10-11-25-22)17-26-23(24-3)27-18-20-8-6-7-9-21(20)30-5-2;/h6-11,16H,4-5,12-15,17-18H2,1-3H3,(H2,24,26,27);1H. The predicted octanol–water partition coefficient (Wildman–Crippen LogP) is 3.11. The van der Waals surface area contributed by atoms with Gasteiger partial charge in [-0.15, -0.1) is 24.0 Å². The predicted molar refractivity (Wildman–Crippen MR) is 139 cm³/mol. The molecule has 3 rings (SSSR count). The van der Waals surface area contributed by atoms with Crippen LogP contribution in [0, 0.1) is 0 Å². The van der Waals surface area contributed by atoms with Crippen molar-refractivity contribution in [1.82, 2.24) is 20.5 Å². The highest BCUT2D eigenvalue weighted by molar-refractivity contribution is 14.0. The van der Waals surface area contributed by atoms with Crippen LogP contribution in [0.1, 0.15) is 25.0 Å². The van der Waals surface area contributed by atoms with Crippen LogP contribution in [-0.4, -0.2) is 62.2 Å². The second-order valence-electron chi connectivity index (χ2n) is 7.26. The quantitative estimate of drug-likeness (QED) is 0.306. The van der Waals surface area contributed by atoms with Crippen LogP contribution in [0.15, 0.2) is 47.6 Å². The Balaban J connectivity index is 0.00000341. The Kier molecular flexibility index (Phi) is 10.9. The molecule has 7 nitrogen and oxygen atoms in total. The third-order valence-corrected chi connectivity index (χ3v) is 5.36. The Morgan fingerprint density at radius 3 is 2.52 bits per heavy atom. The number of nitrogens with zero attached hydrogens (tertiary/aromatic N) is 4. The van der Waals surface area contributed by atoms with Crippen LogP contribution in [0.3, 0.4) is 0 Å². The minimum Gasteiger partial charge on any atom is -0.494 e. The molecule has 8 heteroatoms. The zero-order valence-electron chi connectivity index (χ0n) is 18.8. The number of pyridine rings is 1. The maximum atomic E-state index is 5.70. The van der Waals surface area contributed by atoms with Gasteiger partial charge in [-0.05, 0) is 37.2 Å². The first-order chi connectivity index (χ1) is 14.7. The molecule has 0 amide bonds. The Hall–Kier alpha value is -2.07. The Bertz CT molecular complexity index is 823. The average molecular weight is 538 g/mol. The monoisotopic (exact) mass is 538 g/mol. The van der Waals surface area contributed by atoms with E-state index in [2.05, 4.69) is 55.5 Å². The van der Waals surface area contributed by atoms with Gasteiger partial charge in [-0.3, -0.25) is 4.99 Å². The highest BCUT2D eigenvalue weighted by atomic mass is 127. The van der Waals surface area contributed by atoms with Crippen LogP contribution in [0.5, 0.6) is 5.75 Å². The lowest BCUT2D eigenvalue weighted by Gasteiger charge is -2.34. The number of likely N-dealkylation sites (N-methyl/N-ethyl adjacent to an activating group) is 1. The minimum absolute atomic E-state index is 0. The highest BCUT2D eigenvalue weighted by Crippen LogP contribution is 2.18. The van der Waals surface area contributed by atoms with Gasteiger partial charge in [0.1, 0.15) is 11.6 Å². The molecular weight excluding hydrogens is 503 g/mol. The van der Waals surface area contributed by atoms with Gasteiger partial charge in [-0.1, -0.05) is 25.1 Å². The fourth-order valence-corrected chi connectivity index (χ4v) is 3.57. The largest absolute Gasteiger partial charge is 0.494 e. The van der Waals surface area contributed by atoms with E-state index in [4.69, 9.17) is 4.74 Å². The Morgan fingerprint density at radius 2 is 1.81 bits per heavy atom. The molecule has 2 N–H and O–H groups in total. The number of aromatic nitrogens is 1. The van der Waals surface area contributed by atoms with E-state index >= 15 is 0 Å². The average Bonchev–Trinajstić information content (AvgIpc) is 2.80. The number of aliphatic imine (C=N–C) groups is 1. The molecule has 1 aromatic carbocycles. The van der Waals surface area contributed by atoms with E-state index in [0.29, 0.717) is 19.7 Å². The van der Waals surface area contributed by atoms with E-state index in [0.717, 1.165) is 55.8 Å². The van der Waals surface area contributed by atoms with Crippen molar-refractivity contribution in [3.05, 3.63) is 53.7 Å². The lowest BCUT2D eigenvalue weighted by molar-refractivity contribution is 0.270. The van der Waals surface area contributed by atoms with Gasteiger partial charge < -0.3 is 25.2 Å². The molecule has 1 aliphatic heterocycles. The first kappa shape index (κ1) is 25.2. The number of para-hydroxylation sites is 1. The van der Waals surface area contributed by atoms with Crippen LogP contribution in [0.4, 0.5) is 5.82 Å². The molecule has 170 valence electrons.